The lowest BCUT2D eigenvalue weighted by Crippen LogP contribution is -2.42. The van der Waals surface area contributed by atoms with Crippen molar-refractivity contribution in [2.24, 2.45) is 5.10 Å². The summed E-state index contributed by atoms with van der Waals surface area (Å²) in [7, 11) is -3.15. The molecule has 2 aliphatic rings. The average Bonchev–Trinajstić information content (AvgIpc) is 3.17. The molecular formula is C16H17N5O4S. The number of carbonyl (C=O) groups excluding carboxylic acids is 2. The van der Waals surface area contributed by atoms with Crippen LogP contribution < -0.4 is 5.32 Å². The van der Waals surface area contributed by atoms with Crippen LogP contribution in [-0.2, 0) is 19.4 Å². The Labute approximate surface area is 149 Å². The largest absolute Gasteiger partial charge is 0.324 e. The van der Waals surface area contributed by atoms with Crippen LogP contribution in [0.25, 0.3) is 11.0 Å². The Kier molecular flexibility index (Phi) is 3.98. The van der Waals surface area contributed by atoms with E-state index < -0.39 is 21.8 Å². The third kappa shape index (κ3) is 3.19. The fourth-order valence-electron chi connectivity index (χ4n) is 3.18. The van der Waals surface area contributed by atoms with Crippen molar-refractivity contribution in [2.75, 3.05) is 16.8 Å². The first-order chi connectivity index (χ1) is 12.4. The number of imidazole rings is 1. The molecule has 26 heavy (non-hydrogen) atoms. The van der Waals surface area contributed by atoms with Gasteiger partial charge in [-0.2, -0.15) is 5.10 Å². The number of amides is 2. The number of hydrogen-bond donors (Lipinski definition) is 2. The maximum atomic E-state index is 12.5. The molecule has 2 aliphatic heterocycles. The summed E-state index contributed by atoms with van der Waals surface area (Å²) in [5.41, 5.74) is 1.71. The van der Waals surface area contributed by atoms with Crippen molar-refractivity contribution in [3.05, 3.63) is 24.3 Å². The summed E-state index contributed by atoms with van der Waals surface area (Å²) >= 11 is 0. The third-order valence-electron chi connectivity index (χ3n) is 4.50. The van der Waals surface area contributed by atoms with Gasteiger partial charge in [0.05, 0.1) is 28.6 Å². The number of para-hydroxylation sites is 2. The number of aromatic amines is 1. The molecule has 0 radical (unpaired) electrons. The molecule has 2 aromatic rings. The normalized spacial score (nSPS) is 22.5. The van der Waals surface area contributed by atoms with E-state index in [1.165, 1.54) is 5.01 Å². The minimum atomic E-state index is -3.15. The number of rotatable bonds is 3. The highest BCUT2D eigenvalue weighted by atomic mass is 32.2. The Bertz CT molecular complexity index is 993. The summed E-state index contributed by atoms with van der Waals surface area (Å²) in [6.45, 7) is 0. The van der Waals surface area contributed by atoms with Crippen molar-refractivity contribution in [2.45, 2.75) is 25.3 Å². The molecule has 1 aromatic carbocycles. The summed E-state index contributed by atoms with van der Waals surface area (Å²) in [6, 6.07) is 6.87. The molecule has 9 nitrogen and oxygen atoms in total. The van der Waals surface area contributed by atoms with Gasteiger partial charge < -0.3 is 4.98 Å². The second kappa shape index (κ2) is 6.20. The molecule has 1 aromatic heterocycles. The third-order valence-corrected chi connectivity index (χ3v) is 6.25. The summed E-state index contributed by atoms with van der Waals surface area (Å²) in [5, 5.41) is 7.96. The zero-order valence-electron chi connectivity index (χ0n) is 13.8. The Balaban J connectivity index is 1.53. The van der Waals surface area contributed by atoms with Crippen molar-refractivity contribution in [1.82, 2.24) is 15.0 Å². The van der Waals surface area contributed by atoms with Crippen LogP contribution in [0.1, 0.15) is 19.3 Å². The van der Waals surface area contributed by atoms with Crippen LogP contribution in [0, 0.1) is 0 Å². The molecular weight excluding hydrogens is 358 g/mol. The fraction of sp³-hybridized carbons (Fsp3) is 0.375. The number of H-pyrrole nitrogens is 1. The average molecular weight is 375 g/mol. The SMILES string of the molecule is O=C(Nc1nc2ccccc2[nH]1)C1=NN([C@H]2CCS(=O)(=O)C2)C(=O)CC1. The fourth-order valence-corrected chi connectivity index (χ4v) is 4.87. The molecule has 10 heteroatoms. The number of hydrogen-bond acceptors (Lipinski definition) is 6. The predicted molar refractivity (Wildman–Crippen MR) is 95.3 cm³/mol. The molecule has 0 spiro atoms. The molecule has 0 saturated carbocycles. The van der Waals surface area contributed by atoms with Crippen LogP contribution in [0.5, 0.6) is 0 Å². The van der Waals surface area contributed by atoms with Gasteiger partial charge in [-0.1, -0.05) is 12.1 Å². The Morgan fingerprint density at radius 2 is 2.08 bits per heavy atom. The molecule has 0 aliphatic carbocycles. The molecule has 1 atom stereocenters. The number of hydrazone groups is 1. The number of anilines is 1. The van der Waals surface area contributed by atoms with E-state index in [9.17, 15) is 18.0 Å². The van der Waals surface area contributed by atoms with E-state index in [0.29, 0.717) is 12.4 Å². The van der Waals surface area contributed by atoms with Crippen molar-refractivity contribution in [3.63, 3.8) is 0 Å². The van der Waals surface area contributed by atoms with E-state index in [1.807, 2.05) is 24.3 Å². The minimum Gasteiger partial charge on any atom is -0.324 e. The maximum Gasteiger partial charge on any atom is 0.274 e. The Hall–Kier alpha value is -2.75. The molecule has 2 N–H and O–H groups in total. The Morgan fingerprint density at radius 3 is 2.81 bits per heavy atom. The first kappa shape index (κ1) is 16.7. The van der Waals surface area contributed by atoms with E-state index in [1.54, 1.807) is 0 Å². The minimum absolute atomic E-state index is 0.0392. The molecule has 1 fully saturated rings. The summed E-state index contributed by atoms with van der Waals surface area (Å²) in [4.78, 5) is 31.9. The van der Waals surface area contributed by atoms with Gasteiger partial charge in [0.15, 0.2) is 9.84 Å². The number of benzene rings is 1. The van der Waals surface area contributed by atoms with Gasteiger partial charge in [0.25, 0.3) is 5.91 Å². The van der Waals surface area contributed by atoms with Crippen molar-refractivity contribution < 1.29 is 18.0 Å². The number of nitrogens with zero attached hydrogens (tertiary/aromatic N) is 3. The van der Waals surface area contributed by atoms with Crippen LogP contribution >= 0.6 is 0 Å². The van der Waals surface area contributed by atoms with Gasteiger partial charge in [-0.3, -0.25) is 14.9 Å². The molecule has 136 valence electrons. The quantitative estimate of drug-likeness (QED) is 0.816. The van der Waals surface area contributed by atoms with Crippen molar-refractivity contribution in [1.29, 1.82) is 0 Å². The van der Waals surface area contributed by atoms with E-state index in [-0.39, 0.29) is 36.0 Å². The highest BCUT2D eigenvalue weighted by molar-refractivity contribution is 7.91. The number of sulfone groups is 1. The van der Waals surface area contributed by atoms with Gasteiger partial charge in [-0.15, -0.1) is 0 Å². The van der Waals surface area contributed by atoms with Crippen molar-refractivity contribution >= 4 is 44.3 Å². The summed E-state index contributed by atoms with van der Waals surface area (Å²) < 4.78 is 23.3. The van der Waals surface area contributed by atoms with Crippen LogP contribution in [0.4, 0.5) is 5.95 Å². The van der Waals surface area contributed by atoms with E-state index in [0.717, 1.165) is 11.0 Å². The summed E-state index contributed by atoms with van der Waals surface area (Å²) in [6.07, 6.45) is 0.680. The van der Waals surface area contributed by atoms with Gasteiger partial charge >= 0.3 is 0 Å². The monoisotopic (exact) mass is 375 g/mol. The van der Waals surface area contributed by atoms with Crippen molar-refractivity contribution in [3.8, 4) is 0 Å². The van der Waals surface area contributed by atoms with Gasteiger partial charge in [-0.25, -0.2) is 18.4 Å². The number of nitrogens with one attached hydrogen (secondary N) is 2. The molecule has 4 rings (SSSR count). The first-order valence-electron chi connectivity index (χ1n) is 8.27. The topological polar surface area (TPSA) is 125 Å². The number of fused-ring (bicyclic) bond motifs is 1. The van der Waals surface area contributed by atoms with Gasteiger partial charge in [0, 0.05) is 12.8 Å². The lowest BCUT2D eigenvalue weighted by Gasteiger charge is -2.27. The second-order valence-corrected chi connectivity index (χ2v) is 8.63. The highest BCUT2D eigenvalue weighted by Crippen LogP contribution is 2.22. The second-order valence-electron chi connectivity index (χ2n) is 6.40. The van der Waals surface area contributed by atoms with E-state index in [2.05, 4.69) is 20.4 Å². The van der Waals surface area contributed by atoms with Crippen LogP contribution in [0.15, 0.2) is 29.4 Å². The molecule has 2 amide bonds. The smallest absolute Gasteiger partial charge is 0.274 e. The van der Waals surface area contributed by atoms with Gasteiger partial charge in [-0.05, 0) is 18.6 Å². The van der Waals surface area contributed by atoms with E-state index in [4.69, 9.17) is 0 Å². The maximum absolute atomic E-state index is 12.5. The van der Waals surface area contributed by atoms with Gasteiger partial charge in [0.2, 0.25) is 11.9 Å². The van der Waals surface area contributed by atoms with Crippen LogP contribution in [0.3, 0.4) is 0 Å². The highest BCUT2D eigenvalue weighted by Gasteiger charge is 2.37. The molecule has 1 saturated heterocycles. The number of carbonyl (C=O) groups is 2. The lowest BCUT2D eigenvalue weighted by atomic mass is 10.1. The lowest BCUT2D eigenvalue weighted by molar-refractivity contribution is -0.133. The molecule has 0 bridgehead atoms. The molecule has 0 unspecified atom stereocenters. The van der Waals surface area contributed by atoms with E-state index >= 15 is 0 Å². The van der Waals surface area contributed by atoms with Crippen LogP contribution in [-0.4, -0.2) is 58.5 Å². The molecule has 3 heterocycles. The van der Waals surface area contributed by atoms with Crippen LogP contribution in [0.2, 0.25) is 0 Å². The standard InChI is InChI=1S/C16H17N5O4S/c22-14-6-5-13(20-21(14)10-7-8-26(24,25)9-10)15(23)19-16-17-11-3-1-2-4-12(11)18-16/h1-4,10H,5-9H2,(H2,17,18,19,23)/t10-/m0/s1. The zero-order valence-corrected chi connectivity index (χ0v) is 14.6. The summed E-state index contributed by atoms with van der Waals surface area (Å²) in [5.74, 6) is -0.487. The van der Waals surface area contributed by atoms with Gasteiger partial charge in [0.1, 0.15) is 5.71 Å². The Morgan fingerprint density at radius 1 is 1.27 bits per heavy atom. The number of aromatic nitrogens is 2. The predicted octanol–water partition coefficient (Wildman–Crippen LogP) is 0.667. The zero-order chi connectivity index (χ0) is 18.3. The first-order valence-corrected chi connectivity index (χ1v) is 10.1.